The number of nitro groups is 1. The fraction of sp³-hybridized carbons (Fsp3) is 0.800. The first-order chi connectivity index (χ1) is 9.90. The number of aryl methyl sites for hydroxylation is 1. The van der Waals surface area contributed by atoms with Crippen molar-refractivity contribution in [1.82, 2.24) is 9.78 Å². The molecule has 1 heterocycles. The monoisotopic (exact) mass is 294 g/mol. The van der Waals surface area contributed by atoms with Crippen LogP contribution in [0.3, 0.4) is 0 Å². The van der Waals surface area contributed by atoms with E-state index in [2.05, 4.69) is 17.3 Å². The van der Waals surface area contributed by atoms with Gasteiger partial charge in [0.1, 0.15) is 5.69 Å². The molecule has 1 aromatic heterocycles. The van der Waals surface area contributed by atoms with Crippen molar-refractivity contribution in [3.63, 3.8) is 0 Å². The van der Waals surface area contributed by atoms with Crippen molar-refractivity contribution in [2.75, 3.05) is 11.9 Å². The minimum Gasteiger partial charge on any atom is -0.364 e. The van der Waals surface area contributed by atoms with Gasteiger partial charge in [0.15, 0.2) is 0 Å². The highest BCUT2D eigenvalue weighted by atomic mass is 16.6. The molecule has 21 heavy (non-hydrogen) atoms. The minimum absolute atomic E-state index is 0.0982. The second kappa shape index (κ2) is 6.03. The lowest BCUT2D eigenvalue weighted by molar-refractivity contribution is -0.384. The minimum atomic E-state index is -0.323. The van der Waals surface area contributed by atoms with E-state index in [9.17, 15) is 10.1 Å². The Bertz CT molecular complexity index is 516. The summed E-state index contributed by atoms with van der Waals surface area (Å²) in [5, 5.41) is 19.0. The second-order valence-electron chi connectivity index (χ2n) is 6.49. The Kier molecular flexibility index (Phi) is 4.54. The van der Waals surface area contributed by atoms with Crippen LogP contribution in [0.25, 0.3) is 0 Å². The van der Waals surface area contributed by atoms with Gasteiger partial charge in [-0.1, -0.05) is 19.8 Å². The summed E-state index contributed by atoms with van der Waals surface area (Å²) >= 11 is 0. The summed E-state index contributed by atoms with van der Waals surface area (Å²) < 4.78 is 1.74. The summed E-state index contributed by atoms with van der Waals surface area (Å²) in [7, 11) is 0. The molecule has 0 amide bonds. The molecule has 1 aromatic rings. The third-order valence-electron chi connectivity index (χ3n) is 4.77. The molecule has 0 radical (unpaired) electrons. The van der Waals surface area contributed by atoms with Gasteiger partial charge in [-0.25, -0.2) is 4.68 Å². The van der Waals surface area contributed by atoms with Crippen LogP contribution in [-0.4, -0.2) is 21.2 Å². The van der Waals surface area contributed by atoms with E-state index in [0.29, 0.717) is 11.5 Å². The molecule has 0 bridgehead atoms. The Balaban J connectivity index is 2.27. The van der Waals surface area contributed by atoms with Gasteiger partial charge in [-0.05, 0) is 45.4 Å². The maximum absolute atomic E-state index is 11.3. The van der Waals surface area contributed by atoms with Crippen molar-refractivity contribution in [3.8, 4) is 0 Å². The van der Waals surface area contributed by atoms with Crippen molar-refractivity contribution in [2.24, 2.45) is 5.41 Å². The zero-order valence-electron chi connectivity index (χ0n) is 13.5. The fourth-order valence-electron chi connectivity index (χ4n) is 3.35. The van der Waals surface area contributed by atoms with Crippen LogP contribution < -0.4 is 5.32 Å². The average molecular weight is 294 g/mol. The predicted molar refractivity (Wildman–Crippen MR) is 83.7 cm³/mol. The van der Waals surface area contributed by atoms with Gasteiger partial charge in [0.05, 0.1) is 4.92 Å². The first-order valence-electron chi connectivity index (χ1n) is 7.87. The first kappa shape index (κ1) is 15.8. The van der Waals surface area contributed by atoms with Crippen molar-refractivity contribution in [3.05, 3.63) is 15.8 Å². The van der Waals surface area contributed by atoms with E-state index in [1.165, 1.54) is 25.7 Å². The van der Waals surface area contributed by atoms with Crippen LogP contribution in [0.5, 0.6) is 0 Å². The predicted octanol–water partition coefficient (Wildman–Crippen LogP) is 4.06. The lowest BCUT2D eigenvalue weighted by Crippen LogP contribution is -2.27. The van der Waals surface area contributed by atoms with E-state index in [0.717, 1.165) is 13.0 Å². The van der Waals surface area contributed by atoms with Gasteiger partial charge in [-0.3, -0.25) is 10.1 Å². The van der Waals surface area contributed by atoms with Crippen LogP contribution in [0.15, 0.2) is 0 Å². The first-order valence-corrected chi connectivity index (χ1v) is 7.87. The third kappa shape index (κ3) is 3.04. The smallest absolute Gasteiger partial charge is 0.333 e. The van der Waals surface area contributed by atoms with E-state index < -0.39 is 0 Å². The van der Waals surface area contributed by atoms with Crippen LogP contribution in [0.4, 0.5) is 11.5 Å². The Morgan fingerprint density at radius 3 is 2.52 bits per heavy atom. The molecule has 1 aliphatic carbocycles. The van der Waals surface area contributed by atoms with Gasteiger partial charge in [-0.2, -0.15) is 5.10 Å². The standard InChI is InChI=1S/C15H26N4O2/c1-5-15(8-6-7-9-15)10-16-14-13(19(20)21)12(4)17-18(14)11(2)3/h11,16H,5-10H2,1-4H3. The Morgan fingerprint density at radius 1 is 1.43 bits per heavy atom. The van der Waals surface area contributed by atoms with Crippen molar-refractivity contribution >= 4 is 11.5 Å². The lowest BCUT2D eigenvalue weighted by Gasteiger charge is -2.28. The number of aromatic nitrogens is 2. The molecule has 1 aliphatic rings. The largest absolute Gasteiger partial charge is 0.364 e. The topological polar surface area (TPSA) is 73.0 Å². The summed E-state index contributed by atoms with van der Waals surface area (Å²) in [5.74, 6) is 0.562. The summed E-state index contributed by atoms with van der Waals surface area (Å²) in [6.45, 7) is 8.70. The van der Waals surface area contributed by atoms with Gasteiger partial charge in [0.2, 0.25) is 5.82 Å². The molecule has 1 saturated carbocycles. The summed E-state index contributed by atoms with van der Waals surface area (Å²) in [6, 6.07) is 0.0982. The van der Waals surface area contributed by atoms with E-state index in [4.69, 9.17) is 0 Å². The molecule has 0 atom stereocenters. The molecule has 6 heteroatoms. The van der Waals surface area contributed by atoms with E-state index >= 15 is 0 Å². The fourth-order valence-corrected chi connectivity index (χ4v) is 3.35. The maximum Gasteiger partial charge on any atom is 0.333 e. The van der Waals surface area contributed by atoms with E-state index in [1.807, 2.05) is 13.8 Å². The van der Waals surface area contributed by atoms with Gasteiger partial charge in [0, 0.05) is 12.6 Å². The molecule has 0 aliphatic heterocycles. The Hall–Kier alpha value is -1.59. The number of rotatable bonds is 6. The van der Waals surface area contributed by atoms with Crippen LogP contribution in [0.1, 0.15) is 64.6 Å². The van der Waals surface area contributed by atoms with Gasteiger partial charge >= 0.3 is 5.69 Å². The van der Waals surface area contributed by atoms with Crippen LogP contribution in [0.2, 0.25) is 0 Å². The third-order valence-corrected chi connectivity index (χ3v) is 4.77. The van der Waals surface area contributed by atoms with E-state index in [1.54, 1.807) is 11.6 Å². The summed E-state index contributed by atoms with van der Waals surface area (Å²) in [6.07, 6.45) is 6.06. The van der Waals surface area contributed by atoms with Crippen LogP contribution in [-0.2, 0) is 0 Å². The van der Waals surface area contributed by atoms with E-state index in [-0.39, 0.29) is 22.1 Å². The zero-order valence-corrected chi connectivity index (χ0v) is 13.5. The van der Waals surface area contributed by atoms with Crippen LogP contribution in [0, 0.1) is 22.5 Å². The summed E-state index contributed by atoms with van der Waals surface area (Å²) in [5.41, 5.74) is 0.884. The molecular weight excluding hydrogens is 268 g/mol. The molecule has 0 unspecified atom stereocenters. The molecule has 0 saturated heterocycles. The van der Waals surface area contributed by atoms with Gasteiger partial charge in [-0.15, -0.1) is 0 Å². The van der Waals surface area contributed by atoms with Gasteiger partial charge in [0.25, 0.3) is 0 Å². The summed E-state index contributed by atoms with van der Waals surface area (Å²) in [4.78, 5) is 11.0. The molecular formula is C15H26N4O2. The maximum atomic E-state index is 11.3. The second-order valence-corrected chi connectivity index (χ2v) is 6.49. The van der Waals surface area contributed by atoms with Gasteiger partial charge < -0.3 is 5.32 Å². The zero-order chi connectivity index (χ0) is 15.6. The lowest BCUT2D eigenvalue weighted by atomic mass is 9.83. The molecule has 1 fully saturated rings. The molecule has 0 aromatic carbocycles. The highest BCUT2D eigenvalue weighted by Gasteiger charge is 2.34. The molecule has 0 spiro atoms. The quantitative estimate of drug-likeness (QED) is 0.634. The average Bonchev–Trinajstić information content (AvgIpc) is 3.01. The number of hydrogen-bond acceptors (Lipinski definition) is 4. The molecule has 2 rings (SSSR count). The SMILES string of the molecule is CCC1(CNc2c([N+](=O)[O-])c(C)nn2C(C)C)CCCC1. The highest BCUT2D eigenvalue weighted by Crippen LogP contribution is 2.42. The number of nitrogens with zero attached hydrogens (tertiary/aromatic N) is 3. The number of anilines is 1. The number of hydrogen-bond donors (Lipinski definition) is 1. The number of nitrogens with one attached hydrogen (secondary N) is 1. The molecule has 118 valence electrons. The van der Waals surface area contributed by atoms with Crippen molar-refractivity contribution < 1.29 is 4.92 Å². The molecule has 6 nitrogen and oxygen atoms in total. The Morgan fingerprint density at radius 2 is 2.05 bits per heavy atom. The molecule has 1 N–H and O–H groups in total. The van der Waals surface area contributed by atoms with Crippen molar-refractivity contribution in [1.29, 1.82) is 0 Å². The van der Waals surface area contributed by atoms with Crippen LogP contribution >= 0.6 is 0 Å². The highest BCUT2D eigenvalue weighted by molar-refractivity contribution is 5.59. The normalized spacial score (nSPS) is 17.4. The van der Waals surface area contributed by atoms with Crippen molar-refractivity contribution in [2.45, 2.75) is 65.8 Å². The Labute approximate surface area is 126 Å².